The van der Waals surface area contributed by atoms with Gasteiger partial charge in [0.05, 0.1) is 12.4 Å². The van der Waals surface area contributed by atoms with E-state index in [1.54, 1.807) is 12.5 Å². The molecule has 0 aromatic carbocycles. The zero-order valence-corrected chi connectivity index (χ0v) is 13.9. The van der Waals surface area contributed by atoms with Gasteiger partial charge >= 0.3 is 0 Å². The first-order valence-electron chi connectivity index (χ1n) is 9.23. The van der Waals surface area contributed by atoms with Gasteiger partial charge in [-0.1, -0.05) is 5.16 Å². The Morgan fingerprint density at radius 2 is 1.92 bits per heavy atom. The Hall–Kier alpha value is -1.69. The topological polar surface area (TPSA) is 93.6 Å². The molecule has 0 amide bonds. The molecule has 2 aromatic rings. The molecule has 6 nitrogen and oxygen atoms in total. The number of rotatable bonds is 5. The summed E-state index contributed by atoms with van der Waals surface area (Å²) in [7, 11) is 0. The van der Waals surface area contributed by atoms with Crippen molar-refractivity contribution in [1.82, 2.24) is 20.1 Å². The van der Waals surface area contributed by atoms with Crippen molar-refractivity contribution in [3.63, 3.8) is 0 Å². The lowest BCUT2D eigenvalue weighted by atomic mass is 9.49. The second-order valence-corrected chi connectivity index (χ2v) is 8.53. The first-order chi connectivity index (χ1) is 11.7. The van der Waals surface area contributed by atoms with Gasteiger partial charge in [-0.15, -0.1) is 0 Å². The molecule has 2 heterocycles. The number of nitrogens with one attached hydrogen (secondary N) is 1. The van der Waals surface area contributed by atoms with Gasteiger partial charge < -0.3 is 15.2 Å². The van der Waals surface area contributed by atoms with Crippen LogP contribution in [0.5, 0.6) is 0 Å². The Labute approximate surface area is 141 Å². The summed E-state index contributed by atoms with van der Waals surface area (Å²) in [4.78, 5) is 11.7. The van der Waals surface area contributed by atoms with Crippen LogP contribution in [0.2, 0.25) is 0 Å². The summed E-state index contributed by atoms with van der Waals surface area (Å²) >= 11 is 0. The number of hydrogen-bond donors (Lipinski definition) is 2. The number of hydrogen-bond acceptors (Lipinski definition) is 5. The maximum Gasteiger partial charge on any atom is 0.243 e. The van der Waals surface area contributed by atoms with Crippen molar-refractivity contribution in [2.75, 3.05) is 0 Å². The molecular formula is C18H25N5O. The van der Waals surface area contributed by atoms with Gasteiger partial charge in [0.25, 0.3) is 0 Å². The molecule has 1 atom stereocenters. The van der Waals surface area contributed by atoms with Crippen LogP contribution in [0, 0.1) is 23.2 Å². The van der Waals surface area contributed by atoms with E-state index in [1.807, 2.05) is 0 Å². The summed E-state index contributed by atoms with van der Waals surface area (Å²) in [5, 5.41) is 4.25. The van der Waals surface area contributed by atoms with Gasteiger partial charge in [0.2, 0.25) is 5.89 Å². The maximum atomic E-state index is 6.22. The predicted octanol–water partition coefficient (Wildman–Crippen LogP) is 2.79. The first kappa shape index (κ1) is 14.6. The summed E-state index contributed by atoms with van der Waals surface area (Å²) in [6, 6.07) is -0.275. The molecule has 3 N–H and O–H groups in total. The summed E-state index contributed by atoms with van der Waals surface area (Å²) < 4.78 is 5.47. The normalized spacial score (nSPS) is 35.5. The average Bonchev–Trinajstić information content (AvgIpc) is 3.17. The monoisotopic (exact) mass is 327 g/mol. The smallest absolute Gasteiger partial charge is 0.243 e. The zero-order chi connectivity index (χ0) is 16.1. The highest BCUT2D eigenvalue weighted by molar-refractivity contribution is 5.07. The molecule has 0 saturated heterocycles. The number of H-pyrrole nitrogens is 1. The van der Waals surface area contributed by atoms with Crippen LogP contribution in [0.4, 0.5) is 0 Å². The molecule has 128 valence electrons. The van der Waals surface area contributed by atoms with Crippen LogP contribution in [-0.2, 0) is 12.8 Å². The van der Waals surface area contributed by atoms with E-state index in [9.17, 15) is 0 Å². The molecule has 4 aliphatic carbocycles. The van der Waals surface area contributed by atoms with Gasteiger partial charge in [0.1, 0.15) is 0 Å². The molecule has 4 aliphatic rings. The Bertz CT molecular complexity index is 672. The number of aromatic nitrogens is 4. The van der Waals surface area contributed by atoms with Crippen LogP contribution in [0.1, 0.15) is 62.0 Å². The Kier molecular flexibility index (Phi) is 3.30. The molecule has 6 rings (SSSR count). The van der Waals surface area contributed by atoms with Crippen molar-refractivity contribution in [1.29, 1.82) is 0 Å². The van der Waals surface area contributed by atoms with E-state index in [0.717, 1.165) is 35.7 Å². The van der Waals surface area contributed by atoms with E-state index in [-0.39, 0.29) is 6.04 Å². The Morgan fingerprint density at radius 3 is 2.54 bits per heavy atom. The van der Waals surface area contributed by atoms with Crippen molar-refractivity contribution < 1.29 is 4.52 Å². The molecule has 2 aromatic heterocycles. The minimum Gasteiger partial charge on any atom is -0.348 e. The van der Waals surface area contributed by atoms with Gasteiger partial charge in [-0.25, -0.2) is 4.98 Å². The molecule has 4 saturated carbocycles. The van der Waals surface area contributed by atoms with Crippen molar-refractivity contribution >= 4 is 0 Å². The van der Waals surface area contributed by atoms with E-state index < -0.39 is 0 Å². The summed E-state index contributed by atoms with van der Waals surface area (Å²) in [6.07, 6.45) is 13.5. The predicted molar refractivity (Wildman–Crippen MR) is 87.8 cm³/mol. The Morgan fingerprint density at radius 1 is 1.21 bits per heavy atom. The highest BCUT2D eigenvalue weighted by Gasteiger charge is 2.51. The molecule has 4 bridgehead atoms. The summed E-state index contributed by atoms with van der Waals surface area (Å²) in [6.45, 7) is 0. The van der Waals surface area contributed by atoms with E-state index in [0.29, 0.717) is 17.7 Å². The van der Waals surface area contributed by atoms with E-state index in [2.05, 4.69) is 20.1 Å². The first-order valence-corrected chi connectivity index (χ1v) is 9.23. The SMILES string of the molecule is NC(Cc1cnc[nH]1)c1nc(CC23CC4CC(CC(C4)C2)C3)no1. The van der Waals surface area contributed by atoms with Crippen molar-refractivity contribution in [3.8, 4) is 0 Å². The highest BCUT2D eigenvalue weighted by atomic mass is 16.5. The molecule has 0 spiro atoms. The molecule has 0 radical (unpaired) electrons. The number of nitrogens with two attached hydrogens (primary N) is 1. The second kappa shape index (κ2) is 5.41. The van der Waals surface area contributed by atoms with Crippen molar-refractivity contribution in [2.24, 2.45) is 28.9 Å². The lowest BCUT2D eigenvalue weighted by molar-refractivity contribution is -0.0533. The van der Waals surface area contributed by atoms with E-state index in [4.69, 9.17) is 10.3 Å². The van der Waals surface area contributed by atoms with Gasteiger partial charge in [0.15, 0.2) is 5.82 Å². The molecule has 4 fully saturated rings. The van der Waals surface area contributed by atoms with Crippen LogP contribution in [-0.4, -0.2) is 20.1 Å². The van der Waals surface area contributed by atoms with Crippen LogP contribution < -0.4 is 5.73 Å². The van der Waals surface area contributed by atoms with E-state index >= 15 is 0 Å². The summed E-state index contributed by atoms with van der Waals surface area (Å²) in [5.74, 6) is 4.25. The number of nitrogens with zero attached hydrogens (tertiary/aromatic N) is 3. The standard InChI is InChI=1S/C18H25N5O/c19-15(4-14-9-20-10-21-14)17-22-16(23-24-17)8-18-5-11-1-12(6-18)3-13(2-11)7-18/h9-13,15H,1-8,19H2,(H,20,21). The third-order valence-electron chi connectivity index (χ3n) is 6.49. The molecule has 0 aliphatic heterocycles. The minimum atomic E-state index is -0.275. The maximum absolute atomic E-state index is 6.22. The number of aromatic amines is 1. The van der Waals surface area contributed by atoms with Crippen molar-refractivity contribution in [3.05, 3.63) is 29.9 Å². The third kappa shape index (κ3) is 2.57. The fourth-order valence-corrected chi connectivity index (χ4v) is 6.05. The van der Waals surface area contributed by atoms with Crippen LogP contribution in [0.15, 0.2) is 17.0 Å². The lowest BCUT2D eigenvalue weighted by Crippen LogP contribution is -2.47. The minimum absolute atomic E-state index is 0.275. The van der Waals surface area contributed by atoms with Crippen LogP contribution in [0.25, 0.3) is 0 Å². The molecular weight excluding hydrogens is 302 g/mol. The van der Waals surface area contributed by atoms with E-state index in [1.165, 1.54) is 38.5 Å². The highest BCUT2D eigenvalue weighted by Crippen LogP contribution is 2.60. The zero-order valence-electron chi connectivity index (χ0n) is 13.9. The van der Waals surface area contributed by atoms with Gasteiger partial charge in [-0.05, 0) is 61.7 Å². The van der Waals surface area contributed by atoms with Gasteiger partial charge in [0, 0.05) is 24.7 Å². The fourth-order valence-electron chi connectivity index (χ4n) is 6.05. The lowest BCUT2D eigenvalue weighted by Gasteiger charge is -2.56. The Balaban J connectivity index is 1.29. The third-order valence-corrected chi connectivity index (χ3v) is 6.49. The van der Waals surface area contributed by atoms with Crippen molar-refractivity contribution in [2.45, 2.75) is 57.4 Å². The molecule has 24 heavy (non-hydrogen) atoms. The van der Waals surface area contributed by atoms with Gasteiger partial charge in [-0.2, -0.15) is 4.98 Å². The van der Waals surface area contributed by atoms with Gasteiger partial charge in [-0.3, -0.25) is 0 Å². The fraction of sp³-hybridized carbons (Fsp3) is 0.722. The molecule has 6 heteroatoms. The average molecular weight is 327 g/mol. The van der Waals surface area contributed by atoms with Crippen LogP contribution >= 0.6 is 0 Å². The largest absolute Gasteiger partial charge is 0.348 e. The quantitative estimate of drug-likeness (QED) is 0.880. The number of imidazole rings is 1. The summed E-state index contributed by atoms with van der Waals surface area (Å²) in [5.41, 5.74) is 7.64. The second-order valence-electron chi connectivity index (χ2n) is 8.53. The molecule has 1 unspecified atom stereocenters. The van der Waals surface area contributed by atoms with Crippen LogP contribution in [0.3, 0.4) is 0 Å².